The van der Waals surface area contributed by atoms with Crippen LogP contribution in [0, 0.1) is 0 Å². The lowest BCUT2D eigenvalue weighted by atomic mass is 10.1. The normalized spacial score (nSPS) is 16.3. The van der Waals surface area contributed by atoms with E-state index < -0.39 is 10.0 Å². The summed E-state index contributed by atoms with van der Waals surface area (Å²) < 4.78 is 30.9. The summed E-state index contributed by atoms with van der Waals surface area (Å²) >= 11 is 6.58. The number of H-pyrrole nitrogens is 1. The minimum atomic E-state index is -3.22. The van der Waals surface area contributed by atoms with E-state index in [1.807, 2.05) is 36.5 Å². The van der Waals surface area contributed by atoms with E-state index in [0.29, 0.717) is 17.3 Å². The van der Waals surface area contributed by atoms with Crippen molar-refractivity contribution in [3.63, 3.8) is 0 Å². The minimum absolute atomic E-state index is 0.0936. The molecule has 176 valence electrons. The van der Waals surface area contributed by atoms with Crippen LogP contribution in [0.2, 0.25) is 5.02 Å². The number of aromatic nitrogens is 3. The molecule has 0 radical (unpaired) electrons. The first-order chi connectivity index (χ1) is 16.3. The van der Waals surface area contributed by atoms with Crippen molar-refractivity contribution in [1.29, 1.82) is 0 Å². The van der Waals surface area contributed by atoms with Crippen LogP contribution in [-0.2, 0) is 10.0 Å². The van der Waals surface area contributed by atoms with Crippen molar-refractivity contribution >= 4 is 38.3 Å². The third-order valence-corrected chi connectivity index (χ3v) is 6.99. The molecule has 4 heterocycles. The largest absolute Gasteiger partial charge is 0.495 e. The van der Waals surface area contributed by atoms with Crippen molar-refractivity contribution in [2.24, 2.45) is 0 Å². The predicted molar refractivity (Wildman–Crippen MR) is 135 cm³/mol. The average Bonchev–Trinajstić information content (AvgIpc) is 3.44. The van der Waals surface area contributed by atoms with E-state index in [1.54, 1.807) is 19.5 Å². The first-order valence-corrected chi connectivity index (χ1v) is 13.1. The molecular formula is C24H24ClN5O3S. The summed E-state index contributed by atoms with van der Waals surface area (Å²) in [6.07, 6.45) is 7.19. The van der Waals surface area contributed by atoms with Gasteiger partial charge in [-0.2, -0.15) is 0 Å². The van der Waals surface area contributed by atoms with Crippen LogP contribution in [0.3, 0.4) is 0 Å². The van der Waals surface area contributed by atoms with Gasteiger partial charge in [0.15, 0.2) is 0 Å². The smallest absolute Gasteiger partial charge is 0.209 e. The highest BCUT2D eigenvalue weighted by Crippen LogP contribution is 2.35. The predicted octanol–water partition coefficient (Wildman–Crippen LogP) is 4.08. The molecule has 10 heteroatoms. The van der Waals surface area contributed by atoms with Gasteiger partial charge >= 0.3 is 0 Å². The number of ether oxygens (including phenoxy) is 1. The summed E-state index contributed by atoms with van der Waals surface area (Å²) in [6, 6.07) is 11.8. The van der Waals surface area contributed by atoms with Crippen LogP contribution in [0.25, 0.3) is 33.3 Å². The number of sulfonamides is 1. The first kappa shape index (κ1) is 22.6. The zero-order valence-electron chi connectivity index (χ0n) is 18.7. The Morgan fingerprint density at radius 2 is 2.00 bits per heavy atom. The molecule has 4 aromatic rings. The summed E-state index contributed by atoms with van der Waals surface area (Å²) in [5.41, 5.74) is 4.58. The van der Waals surface area contributed by atoms with Gasteiger partial charge in [0.1, 0.15) is 11.6 Å². The highest BCUT2D eigenvalue weighted by atomic mass is 35.5. The quantitative estimate of drug-likeness (QED) is 0.416. The lowest BCUT2D eigenvalue weighted by Gasteiger charge is -2.17. The fourth-order valence-electron chi connectivity index (χ4n) is 4.31. The Balaban J connectivity index is 1.38. The van der Waals surface area contributed by atoms with Gasteiger partial charge in [-0.25, -0.2) is 18.1 Å². The van der Waals surface area contributed by atoms with Gasteiger partial charge in [-0.15, -0.1) is 0 Å². The number of hydrogen-bond donors (Lipinski definition) is 2. The van der Waals surface area contributed by atoms with Crippen molar-refractivity contribution in [2.75, 3.05) is 31.4 Å². The number of nitrogens with one attached hydrogen (secondary N) is 2. The third kappa shape index (κ3) is 4.72. The lowest BCUT2D eigenvalue weighted by Crippen LogP contribution is -2.36. The van der Waals surface area contributed by atoms with E-state index in [9.17, 15) is 8.42 Å². The fraction of sp³-hybridized carbons (Fsp3) is 0.250. The summed E-state index contributed by atoms with van der Waals surface area (Å²) in [4.78, 5) is 14.4. The molecule has 1 atom stereocenters. The van der Waals surface area contributed by atoms with Gasteiger partial charge in [-0.3, -0.25) is 4.98 Å². The number of benzene rings is 1. The zero-order valence-corrected chi connectivity index (χ0v) is 20.3. The topological polar surface area (TPSA) is 100 Å². The average molecular weight is 498 g/mol. The molecule has 0 spiro atoms. The Bertz CT molecular complexity index is 1450. The van der Waals surface area contributed by atoms with Crippen molar-refractivity contribution < 1.29 is 13.2 Å². The summed E-state index contributed by atoms with van der Waals surface area (Å²) in [6.45, 7) is 1.36. The van der Waals surface area contributed by atoms with Crippen molar-refractivity contribution in [3.8, 4) is 28.1 Å². The van der Waals surface area contributed by atoms with E-state index in [2.05, 4.69) is 30.6 Å². The second-order valence-electron chi connectivity index (χ2n) is 8.44. The summed E-state index contributed by atoms with van der Waals surface area (Å²) in [5, 5.41) is 1.64. The standard InChI is InChI=1S/C24H24ClN5O3S/c1-33-19-7-17(11-26-13-19)20-8-16-9-22(28-23(16)10-21(20)25)15-3-4-24(27-12-15)30-6-5-18(14-30)29-34(2,31)32/h3-4,7-13,18,28-29H,5-6,14H2,1-2H3. The van der Waals surface area contributed by atoms with E-state index in [4.69, 9.17) is 16.3 Å². The van der Waals surface area contributed by atoms with Crippen LogP contribution in [0.4, 0.5) is 5.82 Å². The Kier molecular flexibility index (Phi) is 5.93. The Morgan fingerprint density at radius 3 is 2.74 bits per heavy atom. The van der Waals surface area contributed by atoms with Gasteiger partial charge < -0.3 is 14.6 Å². The van der Waals surface area contributed by atoms with E-state index in [0.717, 1.165) is 52.1 Å². The lowest BCUT2D eigenvalue weighted by molar-refractivity contribution is 0.413. The fourth-order valence-corrected chi connectivity index (χ4v) is 5.38. The van der Waals surface area contributed by atoms with Gasteiger partial charge in [0.25, 0.3) is 0 Å². The molecule has 0 saturated carbocycles. The minimum Gasteiger partial charge on any atom is -0.495 e. The summed E-state index contributed by atoms with van der Waals surface area (Å²) in [5.74, 6) is 1.50. The highest BCUT2D eigenvalue weighted by Gasteiger charge is 2.25. The maximum atomic E-state index is 11.5. The van der Waals surface area contributed by atoms with E-state index in [1.165, 1.54) is 6.26 Å². The maximum Gasteiger partial charge on any atom is 0.209 e. The second-order valence-corrected chi connectivity index (χ2v) is 10.6. The monoisotopic (exact) mass is 497 g/mol. The van der Waals surface area contributed by atoms with Gasteiger partial charge in [0.05, 0.1) is 24.6 Å². The highest BCUT2D eigenvalue weighted by molar-refractivity contribution is 7.88. The SMILES string of the molecule is COc1cncc(-c2cc3cc(-c4ccc(N5CCC(NS(C)(=O)=O)C5)nc4)[nH]c3cc2Cl)c1. The second kappa shape index (κ2) is 8.90. The van der Waals surface area contributed by atoms with Crippen LogP contribution >= 0.6 is 11.6 Å². The number of hydrogen-bond acceptors (Lipinski definition) is 6. The molecule has 1 saturated heterocycles. The number of anilines is 1. The van der Waals surface area contributed by atoms with Crippen LogP contribution in [-0.4, -0.2) is 55.9 Å². The molecular weight excluding hydrogens is 474 g/mol. The third-order valence-electron chi connectivity index (χ3n) is 5.92. The zero-order chi connectivity index (χ0) is 23.9. The molecule has 1 aromatic carbocycles. The van der Waals surface area contributed by atoms with Gasteiger partial charge in [0.2, 0.25) is 10.0 Å². The molecule has 34 heavy (non-hydrogen) atoms. The van der Waals surface area contributed by atoms with Crippen molar-refractivity contribution in [3.05, 3.63) is 60.0 Å². The number of aromatic amines is 1. The van der Waals surface area contributed by atoms with Crippen LogP contribution < -0.4 is 14.4 Å². The van der Waals surface area contributed by atoms with Crippen molar-refractivity contribution in [2.45, 2.75) is 12.5 Å². The molecule has 0 amide bonds. The molecule has 1 aliphatic heterocycles. The number of halogens is 1. The van der Waals surface area contributed by atoms with Crippen LogP contribution in [0.15, 0.2) is 55.0 Å². The molecule has 0 bridgehead atoms. The number of rotatable bonds is 6. The number of nitrogens with zero attached hydrogens (tertiary/aromatic N) is 3. The Morgan fingerprint density at radius 1 is 1.15 bits per heavy atom. The first-order valence-electron chi connectivity index (χ1n) is 10.8. The number of fused-ring (bicyclic) bond motifs is 1. The number of methoxy groups -OCH3 is 1. The molecule has 1 unspecified atom stereocenters. The molecule has 2 N–H and O–H groups in total. The van der Waals surface area contributed by atoms with Gasteiger partial charge in [-0.05, 0) is 42.8 Å². The molecule has 3 aromatic heterocycles. The van der Waals surface area contributed by atoms with E-state index >= 15 is 0 Å². The van der Waals surface area contributed by atoms with E-state index in [-0.39, 0.29) is 6.04 Å². The number of pyridine rings is 2. The van der Waals surface area contributed by atoms with Gasteiger partial charge in [0, 0.05) is 64.8 Å². The van der Waals surface area contributed by atoms with Crippen LogP contribution in [0.1, 0.15) is 6.42 Å². The summed E-state index contributed by atoms with van der Waals surface area (Å²) in [7, 11) is -1.61. The Hall–Kier alpha value is -3.14. The van der Waals surface area contributed by atoms with Crippen molar-refractivity contribution in [1.82, 2.24) is 19.7 Å². The Labute approximate surface area is 203 Å². The maximum absolute atomic E-state index is 11.5. The van der Waals surface area contributed by atoms with Gasteiger partial charge in [-0.1, -0.05) is 11.6 Å². The van der Waals surface area contributed by atoms with Crippen LogP contribution in [0.5, 0.6) is 5.75 Å². The molecule has 0 aliphatic carbocycles. The molecule has 5 rings (SSSR count). The molecule has 8 nitrogen and oxygen atoms in total. The molecule has 1 fully saturated rings. The molecule has 1 aliphatic rings.